The summed E-state index contributed by atoms with van der Waals surface area (Å²) in [5.74, 6) is 0.0665. The second-order valence-electron chi connectivity index (χ2n) is 7.22. The molecule has 0 bridgehead atoms. The molecule has 1 saturated heterocycles. The maximum Gasteiger partial charge on any atom is 0.339 e. The van der Waals surface area contributed by atoms with E-state index in [0.29, 0.717) is 10.7 Å². The maximum atomic E-state index is 12.9. The quantitative estimate of drug-likeness (QED) is 0.181. The third-order valence-corrected chi connectivity index (χ3v) is 8.00. The molecule has 3 aromatic rings. The van der Waals surface area contributed by atoms with Gasteiger partial charge in [-0.2, -0.15) is 13.5 Å². The fourth-order valence-electron chi connectivity index (χ4n) is 3.29. The molecule has 0 aromatic heterocycles. The van der Waals surface area contributed by atoms with Crippen LogP contribution < -0.4 is 9.50 Å². The van der Waals surface area contributed by atoms with E-state index in [0.717, 1.165) is 27.2 Å². The second kappa shape index (κ2) is 10.2. The van der Waals surface area contributed by atoms with Crippen LogP contribution in [0.1, 0.15) is 25.3 Å². The Morgan fingerprint density at radius 2 is 1.88 bits per heavy atom. The Hall–Kier alpha value is -2.44. The van der Waals surface area contributed by atoms with Crippen LogP contribution >= 0.6 is 34.4 Å². The molecular weight excluding hydrogens is 573 g/mol. The first-order chi connectivity index (χ1) is 15.9. The summed E-state index contributed by atoms with van der Waals surface area (Å²) < 4.78 is 32.2. The fraction of sp³-hybridized carbons (Fsp3) is 0.174. The smallest absolute Gasteiger partial charge is 0.339 e. The number of rotatable bonds is 7. The number of hydrogen-bond donors (Lipinski definition) is 1. The van der Waals surface area contributed by atoms with Gasteiger partial charge in [0.1, 0.15) is 4.90 Å². The number of carbonyl (C=O) groups excluding carboxylic acids is 1. The Morgan fingerprint density at radius 3 is 2.64 bits per heavy atom. The normalized spacial score (nSPS) is 17.7. The minimum Gasteiger partial charge on any atom is -0.378 e. The van der Waals surface area contributed by atoms with E-state index in [2.05, 4.69) is 38.1 Å². The molecule has 1 N–H and O–H groups in total. The average molecular weight is 593 g/mol. The fourth-order valence-corrected chi connectivity index (χ4v) is 5.64. The molecule has 1 heterocycles. The van der Waals surface area contributed by atoms with Gasteiger partial charge < -0.3 is 9.50 Å². The maximum absolute atomic E-state index is 12.9. The van der Waals surface area contributed by atoms with Crippen LogP contribution in [0, 0.1) is 3.57 Å². The van der Waals surface area contributed by atoms with Crippen molar-refractivity contribution in [3.63, 3.8) is 0 Å². The van der Waals surface area contributed by atoms with E-state index in [9.17, 15) is 13.2 Å². The SMILES string of the molecule is CCC[C@H]1SC(=NN=Cc2c(OS(=O)(=O)c3ccc(I)cc3)ccc3ccccc23)NC1=O. The van der Waals surface area contributed by atoms with Crippen LogP contribution in [0.5, 0.6) is 5.75 Å². The van der Waals surface area contributed by atoms with Crippen LogP contribution in [0.25, 0.3) is 10.8 Å². The lowest BCUT2D eigenvalue weighted by Gasteiger charge is -2.11. The molecule has 0 saturated carbocycles. The Morgan fingerprint density at radius 1 is 1.12 bits per heavy atom. The zero-order valence-electron chi connectivity index (χ0n) is 17.6. The summed E-state index contributed by atoms with van der Waals surface area (Å²) >= 11 is 3.45. The van der Waals surface area contributed by atoms with E-state index in [1.165, 1.54) is 30.1 Å². The van der Waals surface area contributed by atoms with Crippen LogP contribution in [-0.2, 0) is 14.9 Å². The van der Waals surface area contributed by atoms with Crippen LogP contribution in [0.2, 0.25) is 0 Å². The number of halogens is 1. The molecule has 0 unspecified atom stereocenters. The van der Waals surface area contributed by atoms with Crippen molar-refractivity contribution >= 4 is 72.5 Å². The minimum atomic E-state index is -4.04. The number of nitrogens with zero attached hydrogens (tertiary/aromatic N) is 2. The first-order valence-corrected chi connectivity index (χ1v) is 13.5. The highest BCUT2D eigenvalue weighted by Gasteiger charge is 2.29. The summed E-state index contributed by atoms with van der Waals surface area (Å²) in [4.78, 5) is 12.1. The number of benzene rings is 3. The highest BCUT2D eigenvalue weighted by atomic mass is 127. The Bertz CT molecular complexity index is 1360. The third-order valence-electron chi connectivity index (χ3n) is 4.90. The largest absolute Gasteiger partial charge is 0.378 e. The standard InChI is InChI=1S/C23H20IN3O4S2/c1-2-5-21-22(28)26-23(32-21)27-25-14-19-18-7-4-3-6-15(18)8-13-20(19)31-33(29,30)17-11-9-16(24)10-12-17/h3-4,6-14,21H,2,5H2,1H3,(H,26,27,28)/t21-/m1/s1. The van der Waals surface area contributed by atoms with Crippen LogP contribution in [0.4, 0.5) is 0 Å². The van der Waals surface area contributed by atoms with Gasteiger partial charge in [-0.1, -0.05) is 55.4 Å². The van der Waals surface area contributed by atoms with Crippen molar-refractivity contribution < 1.29 is 17.4 Å². The van der Waals surface area contributed by atoms with E-state index in [1.807, 2.05) is 31.2 Å². The number of carbonyl (C=O) groups is 1. The molecule has 0 radical (unpaired) electrons. The molecule has 0 aliphatic carbocycles. The molecule has 0 spiro atoms. The molecule has 170 valence electrons. The molecule has 3 aromatic carbocycles. The Kier molecular flexibility index (Phi) is 7.35. The van der Waals surface area contributed by atoms with Crippen molar-refractivity contribution in [1.29, 1.82) is 0 Å². The summed E-state index contributed by atoms with van der Waals surface area (Å²) in [6.45, 7) is 2.02. The lowest BCUT2D eigenvalue weighted by Crippen LogP contribution is -2.24. The lowest BCUT2D eigenvalue weighted by molar-refractivity contribution is -0.118. The lowest BCUT2D eigenvalue weighted by atomic mass is 10.0. The van der Waals surface area contributed by atoms with Gasteiger partial charge in [0.05, 0.1) is 11.5 Å². The molecule has 1 amide bonds. The van der Waals surface area contributed by atoms with Crippen molar-refractivity contribution in [2.45, 2.75) is 29.9 Å². The highest BCUT2D eigenvalue weighted by Crippen LogP contribution is 2.30. The molecule has 33 heavy (non-hydrogen) atoms. The van der Waals surface area contributed by atoms with Crippen molar-refractivity contribution in [2.75, 3.05) is 0 Å². The minimum absolute atomic E-state index is 0.0613. The van der Waals surface area contributed by atoms with Gasteiger partial charge in [-0.15, -0.1) is 5.10 Å². The van der Waals surface area contributed by atoms with Crippen molar-refractivity contribution in [2.24, 2.45) is 10.2 Å². The van der Waals surface area contributed by atoms with Crippen molar-refractivity contribution in [1.82, 2.24) is 5.32 Å². The number of amidine groups is 1. The zero-order chi connectivity index (χ0) is 23.4. The van der Waals surface area contributed by atoms with Gasteiger partial charge in [0, 0.05) is 9.13 Å². The van der Waals surface area contributed by atoms with E-state index in [1.54, 1.807) is 24.3 Å². The van der Waals surface area contributed by atoms with Gasteiger partial charge in [-0.25, -0.2) is 0 Å². The second-order valence-corrected chi connectivity index (χ2v) is 11.2. The monoisotopic (exact) mass is 593 g/mol. The predicted octanol–water partition coefficient (Wildman–Crippen LogP) is 4.93. The van der Waals surface area contributed by atoms with Crippen LogP contribution in [0.15, 0.2) is 75.8 Å². The van der Waals surface area contributed by atoms with E-state index < -0.39 is 10.1 Å². The Labute approximate surface area is 210 Å². The zero-order valence-corrected chi connectivity index (χ0v) is 21.4. The number of thioether (sulfide) groups is 1. The van der Waals surface area contributed by atoms with Gasteiger partial charge in [-0.05, 0) is 70.1 Å². The first-order valence-electron chi connectivity index (χ1n) is 10.2. The van der Waals surface area contributed by atoms with E-state index in [4.69, 9.17) is 4.18 Å². The molecule has 1 fully saturated rings. The van der Waals surface area contributed by atoms with Gasteiger partial charge in [0.2, 0.25) is 5.91 Å². The first kappa shape index (κ1) is 23.7. The Balaban J connectivity index is 1.67. The third kappa shape index (κ3) is 5.56. The predicted molar refractivity (Wildman–Crippen MR) is 140 cm³/mol. The highest BCUT2D eigenvalue weighted by molar-refractivity contribution is 14.1. The topological polar surface area (TPSA) is 97.2 Å². The van der Waals surface area contributed by atoms with E-state index >= 15 is 0 Å². The summed E-state index contributed by atoms with van der Waals surface area (Å²) in [5.41, 5.74) is 0.478. The molecule has 7 nitrogen and oxygen atoms in total. The average Bonchev–Trinajstić information content (AvgIpc) is 3.14. The molecular formula is C23H20IN3O4S2. The van der Waals surface area contributed by atoms with Crippen LogP contribution in [0.3, 0.4) is 0 Å². The molecule has 1 aliphatic rings. The van der Waals surface area contributed by atoms with Gasteiger partial charge in [0.15, 0.2) is 10.9 Å². The summed E-state index contributed by atoms with van der Waals surface area (Å²) in [5, 5.41) is 12.9. The summed E-state index contributed by atoms with van der Waals surface area (Å²) in [6.07, 6.45) is 3.11. The molecule has 1 aliphatic heterocycles. The van der Waals surface area contributed by atoms with Gasteiger partial charge >= 0.3 is 10.1 Å². The summed E-state index contributed by atoms with van der Waals surface area (Å²) in [7, 11) is -4.04. The van der Waals surface area contributed by atoms with E-state index in [-0.39, 0.29) is 21.8 Å². The molecule has 4 rings (SSSR count). The number of nitrogens with one attached hydrogen (secondary N) is 1. The molecule has 1 atom stereocenters. The van der Waals surface area contributed by atoms with Crippen molar-refractivity contribution in [3.8, 4) is 5.75 Å². The number of amides is 1. The van der Waals surface area contributed by atoms with Gasteiger partial charge in [-0.3, -0.25) is 4.79 Å². The molecule has 10 heteroatoms. The summed E-state index contributed by atoms with van der Waals surface area (Å²) in [6, 6.07) is 17.3. The van der Waals surface area contributed by atoms with Crippen molar-refractivity contribution in [3.05, 3.63) is 69.8 Å². The van der Waals surface area contributed by atoms with Crippen LogP contribution in [-0.4, -0.2) is 31.0 Å². The number of hydrogen-bond acceptors (Lipinski definition) is 7. The van der Waals surface area contributed by atoms with Gasteiger partial charge in [0.25, 0.3) is 0 Å². The number of fused-ring (bicyclic) bond motifs is 1.